The van der Waals surface area contributed by atoms with E-state index in [1.807, 2.05) is 41.4 Å². The number of nitrogens with zero attached hydrogens (tertiary/aromatic N) is 2. The molecule has 0 amide bonds. The maximum absolute atomic E-state index is 11.4. The van der Waals surface area contributed by atoms with Gasteiger partial charge in [0.15, 0.2) is 0 Å². The van der Waals surface area contributed by atoms with Gasteiger partial charge in [-0.1, -0.05) is 35.9 Å². The zero-order chi connectivity index (χ0) is 23.7. The molecule has 1 aliphatic heterocycles. The first-order chi connectivity index (χ1) is 16.5. The average Bonchev–Trinajstić information content (AvgIpc) is 3.36. The number of ether oxygens (including phenoxy) is 2. The van der Waals surface area contributed by atoms with Gasteiger partial charge < -0.3 is 24.7 Å². The van der Waals surface area contributed by atoms with Crippen LogP contribution in [-0.2, 0) is 5.60 Å². The molecular formula is C26H28ClN3O4. The van der Waals surface area contributed by atoms with Crippen molar-refractivity contribution in [3.05, 3.63) is 65.6 Å². The summed E-state index contributed by atoms with van der Waals surface area (Å²) in [6, 6.07) is 11.7. The molecule has 0 radical (unpaired) electrons. The molecule has 1 fully saturated rings. The number of benzene rings is 2. The predicted octanol–water partition coefficient (Wildman–Crippen LogP) is 4.45. The first-order valence-corrected chi connectivity index (χ1v) is 11.8. The number of methoxy groups -OCH3 is 1. The number of likely N-dealkylation sites (tertiary alicyclic amines) is 1. The highest BCUT2D eigenvalue weighted by Gasteiger charge is 2.37. The third kappa shape index (κ3) is 4.20. The van der Waals surface area contributed by atoms with Crippen LogP contribution in [-0.4, -0.2) is 58.1 Å². The van der Waals surface area contributed by atoms with Crippen LogP contribution in [0.5, 0.6) is 11.5 Å². The lowest BCUT2D eigenvalue weighted by atomic mass is 9.83. The minimum absolute atomic E-state index is 0.334. The predicted molar refractivity (Wildman–Crippen MR) is 132 cm³/mol. The van der Waals surface area contributed by atoms with Crippen molar-refractivity contribution in [3.63, 3.8) is 0 Å². The molecule has 8 heteroatoms. The molecule has 2 aromatic heterocycles. The lowest BCUT2D eigenvalue weighted by Crippen LogP contribution is -2.47. The largest absolute Gasteiger partial charge is 0.495 e. The van der Waals surface area contributed by atoms with Gasteiger partial charge in [0.05, 0.1) is 24.8 Å². The molecule has 7 nitrogen and oxygen atoms in total. The number of halogens is 1. The van der Waals surface area contributed by atoms with Crippen LogP contribution in [0.3, 0.4) is 0 Å². The summed E-state index contributed by atoms with van der Waals surface area (Å²) >= 11 is 6.36. The molecule has 0 bridgehead atoms. The molecule has 1 aliphatic rings. The molecule has 34 heavy (non-hydrogen) atoms. The molecule has 3 heterocycles. The summed E-state index contributed by atoms with van der Waals surface area (Å²) < 4.78 is 11.3. The Balaban J connectivity index is 1.21. The van der Waals surface area contributed by atoms with Gasteiger partial charge in [-0.3, -0.25) is 9.88 Å². The number of pyridine rings is 1. The topological polar surface area (TPSA) is 90.8 Å². The second-order valence-electron chi connectivity index (χ2n) is 8.75. The van der Waals surface area contributed by atoms with E-state index in [0.29, 0.717) is 55.5 Å². The summed E-state index contributed by atoms with van der Waals surface area (Å²) in [6.07, 6.45) is 6.22. The van der Waals surface area contributed by atoms with Crippen molar-refractivity contribution in [2.24, 2.45) is 0 Å². The SMILES string of the molecule is COc1cc(OCCC(O)N2CCC(O)(c3cncc4ccccc34)CC2)c2cc[nH]c2c1Cl. The van der Waals surface area contributed by atoms with Crippen molar-refractivity contribution in [1.29, 1.82) is 0 Å². The Bertz CT molecular complexity index is 1290. The molecule has 1 unspecified atom stereocenters. The van der Waals surface area contributed by atoms with Gasteiger partial charge in [-0.2, -0.15) is 0 Å². The maximum atomic E-state index is 11.4. The Kier molecular flexibility index (Phi) is 6.36. The highest BCUT2D eigenvalue weighted by Crippen LogP contribution is 2.39. The van der Waals surface area contributed by atoms with E-state index in [0.717, 1.165) is 27.2 Å². The molecule has 0 aliphatic carbocycles. The van der Waals surface area contributed by atoms with Crippen molar-refractivity contribution in [2.75, 3.05) is 26.8 Å². The summed E-state index contributed by atoms with van der Waals surface area (Å²) in [5.41, 5.74) is 0.658. The number of piperidine rings is 1. The maximum Gasteiger partial charge on any atom is 0.143 e. The number of fused-ring (bicyclic) bond motifs is 2. The van der Waals surface area contributed by atoms with Crippen molar-refractivity contribution < 1.29 is 19.7 Å². The molecule has 0 saturated carbocycles. The van der Waals surface area contributed by atoms with E-state index in [1.54, 1.807) is 25.6 Å². The van der Waals surface area contributed by atoms with Crippen molar-refractivity contribution in [2.45, 2.75) is 31.1 Å². The first-order valence-electron chi connectivity index (χ1n) is 11.4. The van der Waals surface area contributed by atoms with Gasteiger partial charge in [-0.25, -0.2) is 0 Å². The van der Waals surface area contributed by atoms with E-state index >= 15 is 0 Å². The summed E-state index contributed by atoms with van der Waals surface area (Å²) in [7, 11) is 1.56. The second kappa shape index (κ2) is 9.43. The average molecular weight is 482 g/mol. The number of rotatable bonds is 7. The van der Waals surface area contributed by atoms with Crippen molar-refractivity contribution in [3.8, 4) is 11.5 Å². The van der Waals surface area contributed by atoms with Gasteiger partial charge in [0, 0.05) is 60.5 Å². The number of hydrogen-bond acceptors (Lipinski definition) is 6. The van der Waals surface area contributed by atoms with Crippen LogP contribution in [0, 0.1) is 0 Å². The monoisotopic (exact) mass is 481 g/mol. The quantitative estimate of drug-likeness (QED) is 0.361. The fourth-order valence-corrected chi connectivity index (χ4v) is 5.10. The van der Waals surface area contributed by atoms with Crippen LogP contribution >= 0.6 is 11.6 Å². The molecule has 1 atom stereocenters. The molecule has 0 spiro atoms. The fraction of sp³-hybridized carbons (Fsp3) is 0.346. The minimum atomic E-state index is -0.958. The van der Waals surface area contributed by atoms with E-state index < -0.39 is 11.8 Å². The van der Waals surface area contributed by atoms with Crippen LogP contribution in [0.15, 0.2) is 55.0 Å². The van der Waals surface area contributed by atoms with E-state index in [2.05, 4.69) is 9.97 Å². The van der Waals surface area contributed by atoms with Crippen LogP contribution in [0.1, 0.15) is 24.8 Å². The van der Waals surface area contributed by atoms with Crippen LogP contribution < -0.4 is 9.47 Å². The molecule has 1 saturated heterocycles. The number of aliphatic hydroxyl groups is 2. The zero-order valence-electron chi connectivity index (χ0n) is 19.0. The molecule has 3 N–H and O–H groups in total. The lowest BCUT2D eigenvalue weighted by molar-refractivity contribution is -0.0814. The molecular weight excluding hydrogens is 454 g/mol. The Morgan fingerprint density at radius 3 is 2.74 bits per heavy atom. The normalized spacial score (nSPS) is 17.2. The van der Waals surface area contributed by atoms with Gasteiger partial charge in [0.2, 0.25) is 0 Å². The standard InChI is InChI=1S/C26H28ClN3O4/c1-33-22-14-21(19-6-10-29-25(19)24(22)27)34-13-7-23(31)30-11-8-26(32,9-12-30)20-16-28-15-17-4-2-3-5-18(17)20/h2-6,10,14-16,23,29,31-32H,7-9,11-13H2,1H3. The van der Waals surface area contributed by atoms with E-state index in [9.17, 15) is 10.2 Å². The van der Waals surface area contributed by atoms with Crippen LogP contribution in [0.4, 0.5) is 0 Å². The second-order valence-corrected chi connectivity index (χ2v) is 9.13. The van der Waals surface area contributed by atoms with E-state index in [1.165, 1.54) is 0 Å². The number of aromatic amines is 1. The Morgan fingerprint density at radius 1 is 1.15 bits per heavy atom. The first kappa shape index (κ1) is 22.9. The third-order valence-corrected chi connectivity index (χ3v) is 7.16. The summed E-state index contributed by atoms with van der Waals surface area (Å²) in [5.74, 6) is 1.19. The number of nitrogens with one attached hydrogen (secondary N) is 1. The van der Waals surface area contributed by atoms with E-state index in [4.69, 9.17) is 21.1 Å². The number of hydrogen-bond donors (Lipinski definition) is 3. The summed E-state index contributed by atoms with van der Waals surface area (Å²) in [4.78, 5) is 9.43. The summed E-state index contributed by atoms with van der Waals surface area (Å²) in [5, 5.41) is 25.6. The van der Waals surface area contributed by atoms with Crippen molar-refractivity contribution >= 4 is 33.3 Å². The highest BCUT2D eigenvalue weighted by atomic mass is 35.5. The van der Waals surface area contributed by atoms with Crippen molar-refractivity contribution in [1.82, 2.24) is 14.9 Å². The highest BCUT2D eigenvalue weighted by molar-refractivity contribution is 6.36. The smallest absolute Gasteiger partial charge is 0.143 e. The number of H-pyrrole nitrogens is 1. The Hall–Kier alpha value is -2.84. The molecule has 2 aromatic carbocycles. The van der Waals surface area contributed by atoms with Gasteiger partial charge in [-0.05, 0) is 24.3 Å². The molecule has 5 rings (SSSR count). The minimum Gasteiger partial charge on any atom is -0.495 e. The fourth-order valence-electron chi connectivity index (χ4n) is 4.81. The van der Waals surface area contributed by atoms with Crippen LogP contribution in [0.25, 0.3) is 21.7 Å². The van der Waals surface area contributed by atoms with Gasteiger partial charge in [-0.15, -0.1) is 0 Å². The Morgan fingerprint density at radius 2 is 1.94 bits per heavy atom. The molecule has 178 valence electrons. The lowest BCUT2D eigenvalue weighted by Gasteiger charge is -2.40. The number of aliphatic hydroxyl groups excluding tert-OH is 1. The van der Waals surface area contributed by atoms with Gasteiger partial charge in [0.25, 0.3) is 0 Å². The van der Waals surface area contributed by atoms with E-state index in [-0.39, 0.29) is 0 Å². The van der Waals surface area contributed by atoms with Gasteiger partial charge in [0.1, 0.15) is 22.7 Å². The van der Waals surface area contributed by atoms with Crippen LogP contribution in [0.2, 0.25) is 5.02 Å². The Labute approximate surface area is 202 Å². The number of aromatic nitrogens is 2. The van der Waals surface area contributed by atoms with Gasteiger partial charge >= 0.3 is 0 Å². The molecule has 4 aromatic rings. The zero-order valence-corrected chi connectivity index (χ0v) is 19.8. The summed E-state index contributed by atoms with van der Waals surface area (Å²) in [6.45, 7) is 1.50. The third-order valence-electron chi connectivity index (χ3n) is 6.78.